The van der Waals surface area contributed by atoms with Crippen molar-refractivity contribution < 1.29 is 14.7 Å². The fraction of sp³-hybridized carbons (Fsp3) is 0.389. The highest BCUT2D eigenvalue weighted by Gasteiger charge is 2.30. The van der Waals surface area contributed by atoms with Crippen LogP contribution in [0.3, 0.4) is 0 Å². The number of hydrogen-bond acceptors (Lipinski definition) is 5. The predicted octanol–water partition coefficient (Wildman–Crippen LogP) is 2.59. The van der Waals surface area contributed by atoms with Crippen LogP contribution in [0.2, 0.25) is 0 Å². The first-order chi connectivity index (χ1) is 12.6. The van der Waals surface area contributed by atoms with Gasteiger partial charge in [-0.1, -0.05) is 0 Å². The van der Waals surface area contributed by atoms with E-state index >= 15 is 0 Å². The highest BCUT2D eigenvalue weighted by molar-refractivity contribution is 6.06. The van der Waals surface area contributed by atoms with Gasteiger partial charge in [0, 0.05) is 17.6 Å². The first kappa shape index (κ1) is 18.6. The molecule has 0 fully saturated rings. The van der Waals surface area contributed by atoms with Crippen LogP contribution in [0.1, 0.15) is 49.8 Å². The molecule has 27 heavy (non-hydrogen) atoms. The van der Waals surface area contributed by atoms with Crippen molar-refractivity contribution >= 4 is 28.6 Å². The molecule has 3 heterocycles. The number of aliphatic carboxylic acids is 1. The normalized spacial score (nSPS) is 11.9. The van der Waals surface area contributed by atoms with Crippen molar-refractivity contribution in [2.75, 3.05) is 5.32 Å². The van der Waals surface area contributed by atoms with E-state index in [1.165, 1.54) is 30.9 Å². The number of anilines is 1. The zero-order valence-electron chi connectivity index (χ0n) is 15.9. The number of fused-ring (bicyclic) bond motifs is 1. The molecule has 3 rings (SSSR count). The van der Waals surface area contributed by atoms with Crippen LogP contribution < -0.4 is 5.32 Å². The van der Waals surface area contributed by atoms with Gasteiger partial charge in [-0.3, -0.25) is 9.48 Å². The number of carboxylic acid groups (broad SMARTS) is 1. The number of carboxylic acids is 1. The van der Waals surface area contributed by atoms with Gasteiger partial charge in [-0.25, -0.2) is 14.5 Å². The maximum Gasteiger partial charge on any atom is 0.331 e. The summed E-state index contributed by atoms with van der Waals surface area (Å²) in [5.41, 5.74) is 0.934. The van der Waals surface area contributed by atoms with Crippen LogP contribution in [0.4, 0.5) is 5.69 Å². The summed E-state index contributed by atoms with van der Waals surface area (Å²) in [5.74, 6) is -1.36. The van der Waals surface area contributed by atoms with E-state index in [0.717, 1.165) is 11.0 Å². The van der Waals surface area contributed by atoms with E-state index in [1.54, 1.807) is 19.2 Å². The summed E-state index contributed by atoms with van der Waals surface area (Å²) in [5, 5.41) is 21.2. The lowest BCUT2D eigenvalue weighted by atomic mass is 10.1. The minimum Gasteiger partial charge on any atom is -0.479 e. The number of pyridine rings is 1. The van der Waals surface area contributed by atoms with Crippen LogP contribution >= 0.6 is 0 Å². The van der Waals surface area contributed by atoms with E-state index in [4.69, 9.17) is 0 Å². The number of rotatable bonds is 5. The third kappa shape index (κ3) is 3.27. The van der Waals surface area contributed by atoms with Gasteiger partial charge in [-0.15, -0.1) is 0 Å². The Balaban J connectivity index is 1.88. The van der Waals surface area contributed by atoms with Gasteiger partial charge in [0.25, 0.3) is 5.91 Å². The van der Waals surface area contributed by atoms with Gasteiger partial charge >= 0.3 is 5.97 Å². The Labute approximate surface area is 156 Å². The summed E-state index contributed by atoms with van der Waals surface area (Å²) in [6.07, 6.45) is 4.59. The van der Waals surface area contributed by atoms with E-state index in [2.05, 4.69) is 20.5 Å². The molecule has 0 saturated heterocycles. The minimum absolute atomic E-state index is 0.164. The lowest BCUT2D eigenvalue weighted by Crippen LogP contribution is -2.35. The molecule has 0 bridgehead atoms. The zero-order chi connectivity index (χ0) is 19.9. The number of amides is 1. The quantitative estimate of drug-likeness (QED) is 0.713. The fourth-order valence-electron chi connectivity index (χ4n) is 2.66. The molecule has 142 valence electrons. The monoisotopic (exact) mass is 370 g/mol. The first-order valence-electron chi connectivity index (χ1n) is 8.56. The number of nitrogens with zero attached hydrogens (tertiary/aromatic N) is 5. The van der Waals surface area contributed by atoms with E-state index in [-0.39, 0.29) is 11.9 Å². The second-order valence-electron chi connectivity index (χ2n) is 7.21. The number of aromatic nitrogens is 5. The molecule has 9 nitrogen and oxygen atoms in total. The Hall–Kier alpha value is -3.23. The predicted molar refractivity (Wildman–Crippen MR) is 99.8 cm³/mol. The molecule has 9 heteroatoms. The number of hydrogen-bond donors (Lipinski definition) is 2. The maximum atomic E-state index is 12.7. The molecule has 0 radical (unpaired) electrons. The lowest BCUT2D eigenvalue weighted by Gasteiger charge is -2.19. The summed E-state index contributed by atoms with van der Waals surface area (Å²) < 4.78 is 3.11. The standard InChI is InChI=1S/C18H22N6O3/c1-10(2)24-15-12(7-20-24)6-14(11(3)21-15)16(25)22-13-8-19-23(9-13)18(4,5)17(26)27/h6-10H,1-5H3,(H,22,25)(H,26,27). The largest absolute Gasteiger partial charge is 0.479 e. The minimum atomic E-state index is -1.22. The smallest absolute Gasteiger partial charge is 0.331 e. The molecular formula is C18H22N6O3. The number of carbonyl (C=O) groups excluding carboxylic acids is 1. The van der Waals surface area contributed by atoms with Gasteiger partial charge in [-0.2, -0.15) is 10.2 Å². The maximum absolute atomic E-state index is 12.7. The van der Waals surface area contributed by atoms with Gasteiger partial charge in [0.15, 0.2) is 11.2 Å². The molecule has 2 N–H and O–H groups in total. The van der Waals surface area contributed by atoms with Gasteiger partial charge in [0.05, 0.1) is 29.3 Å². The number of carbonyl (C=O) groups is 2. The van der Waals surface area contributed by atoms with E-state index in [9.17, 15) is 14.7 Å². The van der Waals surface area contributed by atoms with Crippen molar-refractivity contribution in [3.8, 4) is 0 Å². The Morgan fingerprint density at radius 3 is 2.56 bits per heavy atom. The summed E-state index contributed by atoms with van der Waals surface area (Å²) >= 11 is 0. The topological polar surface area (TPSA) is 115 Å². The van der Waals surface area contributed by atoms with E-state index < -0.39 is 11.5 Å². The van der Waals surface area contributed by atoms with Crippen LogP contribution in [-0.2, 0) is 10.3 Å². The Morgan fingerprint density at radius 1 is 1.22 bits per heavy atom. The van der Waals surface area contributed by atoms with Crippen LogP contribution in [0, 0.1) is 6.92 Å². The van der Waals surface area contributed by atoms with Crippen LogP contribution in [0.15, 0.2) is 24.7 Å². The molecule has 0 aromatic carbocycles. The van der Waals surface area contributed by atoms with Crippen LogP contribution in [0.25, 0.3) is 11.0 Å². The Morgan fingerprint density at radius 2 is 1.93 bits per heavy atom. The second kappa shape index (κ2) is 6.49. The molecular weight excluding hydrogens is 348 g/mol. The third-order valence-corrected chi connectivity index (χ3v) is 4.43. The van der Waals surface area contributed by atoms with E-state index in [0.29, 0.717) is 16.9 Å². The van der Waals surface area contributed by atoms with Crippen molar-refractivity contribution in [1.82, 2.24) is 24.5 Å². The molecule has 0 unspecified atom stereocenters. The number of nitrogens with one attached hydrogen (secondary N) is 1. The molecule has 0 aliphatic carbocycles. The van der Waals surface area contributed by atoms with Crippen molar-refractivity contribution in [1.29, 1.82) is 0 Å². The first-order valence-corrected chi connectivity index (χ1v) is 8.56. The molecule has 0 aliphatic heterocycles. The molecule has 0 aliphatic rings. The average Bonchev–Trinajstić information content (AvgIpc) is 3.20. The second-order valence-corrected chi connectivity index (χ2v) is 7.21. The van der Waals surface area contributed by atoms with Gasteiger partial charge in [0.2, 0.25) is 0 Å². The van der Waals surface area contributed by atoms with Crippen molar-refractivity contribution in [3.05, 3.63) is 35.9 Å². The summed E-state index contributed by atoms with van der Waals surface area (Å²) in [6, 6.07) is 1.92. The summed E-state index contributed by atoms with van der Waals surface area (Å²) in [6.45, 7) is 8.86. The van der Waals surface area contributed by atoms with Gasteiger partial charge < -0.3 is 10.4 Å². The van der Waals surface area contributed by atoms with Gasteiger partial charge in [-0.05, 0) is 40.7 Å². The zero-order valence-corrected chi connectivity index (χ0v) is 15.9. The van der Waals surface area contributed by atoms with Gasteiger partial charge in [0.1, 0.15) is 0 Å². The average molecular weight is 370 g/mol. The molecule has 3 aromatic heterocycles. The molecule has 3 aromatic rings. The molecule has 1 amide bonds. The van der Waals surface area contributed by atoms with Crippen molar-refractivity contribution in [2.24, 2.45) is 0 Å². The van der Waals surface area contributed by atoms with E-state index in [1.807, 2.05) is 18.5 Å². The SMILES string of the molecule is Cc1nc2c(cnn2C(C)C)cc1C(=O)Nc1cnn(C(C)(C)C(=O)O)c1. The highest BCUT2D eigenvalue weighted by atomic mass is 16.4. The Kier molecular flexibility index (Phi) is 4.46. The third-order valence-electron chi connectivity index (χ3n) is 4.43. The summed E-state index contributed by atoms with van der Waals surface area (Å²) in [4.78, 5) is 28.5. The highest BCUT2D eigenvalue weighted by Crippen LogP contribution is 2.21. The van der Waals surface area contributed by atoms with Crippen LogP contribution in [0.5, 0.6) is 0 Å². The number of aryl methyl sites for hydroxylation is 1. The van der Waals surface area contributed by atoms with Crippen molar-refractivity contribution in [2.45, 2.75) is 46.2 Å². The lowest BCUT2D eigenvalue weighted by molar-refractivity contribution is -0.146. The fourth-order valence-corrected chi connectivity index (χ4v) is 2.66. The molecule has 0 atom stereocenters. The molecule has 0 spiro atoms. The van der Waals surface area contributed by atoms with Crippen molar-refractivity contribution in [3.63, 3.8) is 0 Å². The molecule has 0 saturated carbocycles. The Bertz CT molecular complexity index is 1030. The van der Waals surface area contributed by atoms with Crippen LogP contribution in [-0.4, -0.2) is 41.5 Å². The summed E-state index contributed by atoms with van der Waals surface area (Å²) in [7, 11) is 0.